The average molecular weight is 346 g/mol. The predicted octanol–water partition coefficient (Wildman–Crippen LogP) is 3.11. The van der Waals surface area contributed by atoms with Crippen LogP contribution in [0.4, 0.5) is 0 Å². The zero-order chi connectivity index (χ0) is 18.2. The summed E-state index contributed by atoms with van der Waals surface area (Å²) in [5.41, 5.74) is 0.444. The first kappa shape index (κ1) is 18.9. The van der Waals surface area contributed by atoms with Gasteiger partial charge in [-0.2, -0.15) is 0 Å². The molecule has 0 spiro atoms. The summed E-state index contributed by atoms with van der Waals surface area (Å²) < 4.78 is 16.2. The van der Waals surface area contributed by atoms with Crippen LogP contribution < -0.4 is 14.8 Å². The number of amides is 1. The number of hydrogen-bond donors (Lipinski definition) is 1. The zero-order valence-corrected chi connectivity index (χ0v) is 15.2. The van der Waals surface area contributed by atoms with Crippen molar-refractivity contribution in [1.82, 2.24) is 10.2 Å². The van der Waals surface area contributed by atoms with Crippen LogP contribution in [0.25, 0.3) is 0 Å². The topological polar surface area (TPSA) is 63.9 Å². The van der Waals surface area contributed by atoms with Crippen LogP contribution in [0.1, 0.15) is 36.0 Å². The van der Waals surface area contributed by atoms with E-state index in [1.807, 2.05) is 12.1 Å². The summed E-state index contributed by atoms with van der Waals surface area (Å²) in [5.74, 6) is 1.59. The van der Waals surface area contributed by atoms with Gasteiger partial charge < -0.3 is 19.2 Å². The third-order valence-electron chi connectivity index (χ3n) is 4.23. The maximum absolute atomic E-state index is 12.7. The van der Waals surface area contributed by atoms with Crippen molar-refractivity contribution in [2.24, 2.45) is 0 Å². The molecule has 0 saturated heterocycles. The number of nitrogens with zero attached hydrogens (tertiary/aromatic N) is 1. The van der Waals surface area contributed by atoms with Gasteiger partial charge in [0.05, 0.1) is 32.1 Å². The molecule has 0 bridgehead atoms. The highest BCUT2D eigenvalue weighted by atomic mass is 16.5. The second-order valence-electron chi connectivity index (χ2n) is 5.50. The van der Waals surface area contributed by atoms with Crippen LogP contribution in [-0.2, 0) is 0 Å². The van der Waals surface area contributed by atoms with E-state index in [-0.39, 0.29) is 11.9 Å². The van der Waals surface area contributed by atoms with Gasteiger partial charge in [0, 0.05) is 6.54 Å². The van der Waals surface area contributed by atoms with Crippen LogP contribution in [0.5, 0.6) is 11.5 Å². The highest BCUT2D eigenvalue weighted by Gasteiger charge is 2.23. The number of ether oxygens (including phenoxy) is 2. The number of para-hydroxylation sites is 1. The zero-order valence-electron chi connectivity index (χ0n) is 15.2. The molecule has 0 fully saturated rings. The number of likely N-dealkylation sites (N-methyl/N-ethyl adjacent to an activating group) is 1. The molecule has 1 N–H and O–H groups in total. The van der Waals surface area contributed by atoms with Crippen LogP contribution in [0, 0.1) is 0 Å². The lowest BCUT2D eigenvalue weighted by molar-refractivity contribution is 0.0926. The molecule has 6 heteroatoms. The number of nitrogens with one attached hydrogen (secondary N) is 1. The number of benzene rings is 1. The molecule has 136 valence electrons. The molecule has 0 aliphatic rings. The molecule has 1 amide bonds. The highest BCUT2D eigenvalue weighted by Crippen LogP contribution is 2.30. The molecule has 0 unspecified atom stereocenters. The molecule has 2 aromatic rings. The standard InChI is InChI=1S/C19H26N2O4/c1-5-21(6-2)15(16-11-8-12-25-16)13-20-19(22)14-9-7-10-17(23-3)18(14)24-4/h7-12,15H,5-6,13H2,1-4H3,(H,20,22)/t15-/m1/s1. The van der Waals surface area contributed by atoms with Crippen molar-refractivity contribution in [2.75, 3.05) is 33.9 Å². The van der Waals surface area contributed by atoms with E-state index in [1.54, 1.807) is 31.6 Å². The maximum atomic E-state index is 12.7. The average Bonchev–Trinajstić information content (AvgIpc) is 3.18. The van der Waals surface area contributed by atoms with E-state index in [0.29, 0.717) is 23.6 Å². The lowest BCUT2D eigenvalue weighted by atomic mass is 10.1. The molecule has 0 aliphatic heterocycles. The van der Waals surface area contributed by atoms with Gasteiger partial charge in [0.1, 0.15) is 5.76 Å². The molecule has 25 heavy (non-hydrogen) atoms. The first-order valence-electron chi connectivity index (χ1n) is 8.42. The van der Waals surface area contributed by atoms with E-state index in [4.69, 9.17) is 13.9 Å². The normalized spacial score (nSPS) is 12.0. The lowest BCUT2D eigenvalue weighted by Crippen LogP contribution is -2.38. The number of carbonyl (C=O) groups is 1. The SMILES string of the molecule is CCN(CC)[C@H](CNC(=O)c1cccc(OC)c1OC)c1ccco1. The summed E-state index contributed by atoms with van der Waals surface area (Å²) in [4.78, 5) is 14.9. The Labute approximate surface area is 148 Å². The summed E-state index contributed by atoms with van der Waals surface area (Å²) >= 11 is 0. The largest absolute Gasteiger partial charge is 0.493 e. The Hall–Kier alpha value is -2.47. The summed E-state index contributed by atoms with van der Waals surface area (Å²) in [6.45, 7) is 6.34. The van der Waals surface area contributed by atoms with Gasteiger partial charge in [-0.1, -0.05) is 19.9 Å². The van der Waals surface area contributed by atoms with Gasteiger partial charge in [-0.25, -0.2) is 0 Å². The molecule has 6 nitrogen and oxygen atoms in total. The van der Waals surface area contributed by atoms with E-state index in [0.717, 1.165) is 18.8 Å². The molecule has 0 aliphatic carbocycles. The van der Waals surface area contributed by atoms with Crippen molar-refractivity contribution in [3.63, 3.8) is 0 Å². The fourth-order valence-electron chi connectivity index (χ4n) is 2.91. The van der Waals surface area contributed by atoms with Gasteiger partial charge in [0.15, 0.2) is 11.5 Å². The molecule has 0 radical (unpaired) electrons. The minimum absolute atomic E-state index is 0.0226. The molecular weight excluding hydrogens is 320 g/mol. The third-order valence-corrected chi connectivity index (χ3v) is 4.23. The van der Waals surface area contributed by atoms with Crippen molar-refractivity contribution in [1.29, 1.82) is 0 Å². The number of furan rings is 1. The van der Waals surface area contributed by atoms with Crippen molar-refractivity contribution in [3.8, 4) is 11.5 Å². The van der Waals surface area contributed by atoms with E-state index in [1.165, 1.54) is 7.11 Å². The van der Waals surface area contributed by atoms with Crippen LogP contribution in [-0.4, -0.2) is 44.7 Å². The number of rotatable bonds is 9. The Morgan fingerprint density at radius 1 is 1.16 bits per heavy atom. The first-order chi connectivity index (χ1) is 12.2. The fraction of sp³-hybridized carbons (Fsp3) is 0.421. The van der Waals surface area contributed by atoms with Gasteiger partial charge in [0.2, 0.25) is 0 Å². The summed E-state index contributed by atoms with van der Waals surface area (Å²) in [5, 5.41) is 2.99. The van der Waals surface area contributed by atoms with Crippen LogP contribution in [0.3, 0.4) is 0 Å². The van der Waals surface area contributed by atoms with Gasteiger partial charge in [-0.05, 0) is 37.4 Å². The van der Waals surface area contributed by atoms with Crippen molar-refractivity contribution >= 4 is 5.91 Å². The van der Waals surface area contributed by atoms with Gasteiger partial charge in [-0.3, -0.25) is 9.69 Å². The molecule has 1 aromatic carbocycles. The Bertz CT molecular complexity index is 666. The molecule has 2 rings (SSSR count). The number of methoxy groups -OCH3 is 2. The van der Waals surface area contributed by atoms with E-state index in [9.17, 15) is 4.79 Å². The number of carbonyl (C=O) groups excluding carboxylic acids is 1. The minimum Gasteiger partial charge on any atom is -0.493 e. The van der Waals surface area contributed by atoms with E-state index < -0.39 is 0 Å². The summed E-state index contributed by atoms with van der Waals surface area (Å²) in [7, 11) is 3.07. The van der Waals surface area contributed by atoms with E-state index in [2.05, 4.69) is 24.1 Å². The Morgan fingerprint density at radius 2 is 1.92 bits per heavy atom. The van der Waals surface area contributed by atoms with Gasteiger partial charge in [0.25, 0.3) is 5.91 Å². The quantitative estimate of drug-likeness (QED) is 0.756. The van der Waals surface area contributed by atoms with Crippen molar-refractivity contribution < 1.29 is 18.7 Å². The molecule has 0 saturated carbocycles. The van der Waals surface area contributed by atoms with Gasteiger partial charge >= 0.3 is 0 Å². The van der Waals surface area contributed by atoms with Crippen LogP contribution in [0.2, 0.25) is 0 Å². The molecule has 1 atom stereocenters. The fourth-order valence-corrected chi connectivity index (χ4v) is 2.91. The second kappa shape index (κ2) is 9.13. The summed E-state index contributed by atoms with van der Waals surface area (Å²) in [6, 6.07) is 9.02. The van der Waals surface area contributed by atoms with Crippen LogP contribution in [0.15, 0.2) is 41.0 Å². The second-order valence-corrected chi connectivity index (χ2v) is 5.50. The monoisotopic (exact) mass is 346 g/mol. The summed E-state index contributed by atoms with van der Waals surface area (Å²) in [6.07, 6.45) is 1.65. The molecule has 1 aromatic heterocycles. The van der Waals surface area contributed by atoms with Crippen molar-refractivity contribution in [2.45, 2.75) is 19.9 Å². The number of hydrogen-bond acceptors (Lipinski definition) is 5. The Balaban J connectivity index is 2.17. The third kappa shape index (κ3) is 4.33. The van der Waals surface area contributed by atoms with E-state index >= 15 is 0 Å². The van der Waals surface area contributed by atoms with Crippen molar-refractivity contribution in [3.05, 3.63) is 47.9 Å². The minimum atomic E-state index is -0.209. The Kier molecular flexibility index (Phi) is 6.89. The maximum Gasteiger partial charge on any atom is 0.255 e. The smallest absolute Gasteiger partial charge is 0.255 e. The Morgan fingerprint density at radius 3 is 2.48 bits per heavy atom. The predicted molar refractivity (Wildman–Crippen MR) is 96.2 cm³/mol. The molecular formula is C19H26N2O4. The lowest BCUT2D eigenvalue weighted by Gasteiger charge is -2.28. The first-order valence-corrected chi connectivity index (χ1v) is 8.42. The molecule has 1 heterocycles. The highest BCUT2D eigenvalue weighted by molar-refractivity contribution is 5.97. The van der Waals surface area contributed by atoms with Crippen LogP contribution >= 0.6 is 0 Å². The van der Waals surface area contributed by atoms with Gasteiger partial charge in [-0.15, -0.1) is 0 Å².